The highest BCUT2D eigenvalue weighted by atomic mass is 32.2. The fraction of sp³-hybridized carbons (Fsp3) is 0.235. The van der Waals surface area contributed by atoms with Crippen molar-refractivity contribution in [1.82, 2.24) is 20.2 Å². The Hall–Kier alpha value is -2.74. The van der Waals surface area contributed by atoms with Crippen LogP contribution in [0.3, 0.4) is 0 Å². The molecule has 0 aliphatic carbocycles. The van der Waals surface area contributed by atoms with Gasteiger partial charge in [-0.1, -0.05) is 42.1 Å². The quantitative estimate of drug-likeness (QED) is 0.519. The van der Waals surface area contributed by atoms with Gasteiger partial charge in [-0.3, -0.25) is 4.79 Å². The number of furan rings is 1. The SMILES string of the molecule is Cc1occc1-c1nnc(SCC(=O)NC(C)c2ccccc2)n1N. The second kappa shape index (κ2) is 7.43. The lowest BCUT2D eigenvalue weighted by Gasteiger charge is -2.13. The molecule has 1 amide bonds. The molecule has 0 aliphatic rings. The highest BCUT2D eigenvalue weighted by molar-refractivity contribution is 7.99. The van der Waals surface area contributed by atoms with Crippen molar-refractivity contribution < 1.29 is 9.21 Å². The van der Waals surface area contributed by atoms with Crippen LogP contribution in [-0.4, -0.2) is 26.5 Å². The van der Waals surface area contributed by atoms with Crippen LogP contribution in [0, 0.1) is 6.92 Å². The Kier molecular flexibility index (Phi) is 5.08. The molecule has 8 heteroatoms. The number of nitrogen functional groups attached to an aromatic ring is 1. The van der Waals surface area contributed by atoms with E-state index in [1.165, 1.54) is 16.4 Å². The van der Waals surface area contributed by atoms with Crippen LogP contribution in [0.5, 0.6) is 0 Å². The van der Waals surface area contributed by atoms with Crippen molar-refractivity contribution in [2.75, 3.05) is 11.6 Å². The first kappa shape index (κ1) is 17.1. The number of thioether (sulfide) groups is 1. The second-order valence-electron chi connectivity index (χ2n) is 5.56. The Labute approximate surface area is 149 Å². The highest BCUT2D eigenvalue weighted by Gasteiger charge is 2.17. The zero-order valence-corrected chi connectivity index (χ0v) is 14.8. The maximum absolute atomic E-state index is 12.2. The standard InChI is InChI=1S/C17H19N5O2S/c1-11(13-6-4-3-5-7-13)19-15(23)10-25-17-21-20-16(22(17)18)14-8-9-24-12(14)2/h3-9,11H,10,18H2,1-2H3,(H,19,23). The number of benzene rings is 1. The molecule has 0 fully saturated rings. The number of nitrogens with zero attached hydrogens (tertiary/aromatic N) is 3. The Bertz CT molecular complexity index is 859. The summed E-state index contributed by atoms with van der Waals surface area (Å²) in [5, 5.41) is 11.6. The molecule has 0 saturated carbocycles. The third-order valence-corrected chi connectivity index (χ3v) is 4.72. The van der Waals surface area contributed by atoms with Crippen LogP contribution < -0.4 is 11.2 Å². The first-order valence-electron chi connectivity index (χ1n) is 7.78. The lowest BCUT2D eigenvalue weighted by atomic mass is 10.1. The summed E-state index contributed by atoms with van der Waals surface area (Å²) in [6.07, 6.45) is 1.57. The van der Waals surface area contributed by atoms with E-state index in [0.717, 1.165) is 11.1 Å². The summed E-state index contributed by atoms with van der Waals surface area (Å²) in [5.74, 6) is 7.37. The molecule has 3 rings (SSSR count). The van der Waals surface area contributed by atoms with Gasteiger partial charge in [-0.2, -0.15) is 0 Å². The van der Waals surface area contributed by atoms with Crippen LogP contribution in [0.2, 0.25) is 0 Å². The molecule has 1 aromatic carbocycles. The molecular formula is C17H19N5O2S. The number of carbonyl (C=O) groups excluding carboxylic acids is 1. The monoisotopic (exact) mass is 357 g/mol. The maximum Gasteiger partial charge on any atom is 0.230 e. The van der Waals surface area contributed by atoms with Gasteiger partial charge in [0.25, 0.3) is 0 Å². The van der Waals surface area contributed by atoms with E-state index in [1.54, 1.807) is 12.3 Å². The number of hydrogen-bond donors (Lipinski definition) is 2. The van der Waals surface area contributed by atoms with Crippen molar-refractivity contribution in [1.29, 1.82) is 0 Å². The van der Waals surface area contributed by atoms with Gasteiger partial charge in [0.05, 0.1) is 23.6 Å². The topological polar surface area (TPSA) is 99.0 Å². The van der Waals surface area contributed by atoms with E-state index >= 15 is 0 Å². The summed E-state index contributed by atoms with van der Waals surface area (Å²) in [6, 6.07) is 11.5. The second-order valence-corrected chi connectivity index (χ2v) is 6.50. The predicted octanol–water partition coefficient (Wildman–Crippen LogP) is 2.53. The van der Waals surface area contributed by atoms with E-state index in [0.29, 0.717) is 16.7 Å². The van der Waals surface area contributed by atoms with Gasteiger partial charge in [-0.25, -0.2) is 4.68 Å². The van der Waals surface area contributed by atoms with Crippen molar-refractivity contribution >= 4 is 17.7 Å². The molecule has 7 nitrogen and oxygen atoms in total. The largest absolute Gasteiger partial charge is 0.469 e. The number of aromatic nitrogens is 3. The zero-order chi connectivity index (χ0) is 17.8. The summed E-state index contributed by atoms with van der Waals surface area (Å²) in [4.78, 5) is 12.2. The molecule has 0 aliphatic heterocycles. The Balaban J connectivity index is 1.60. The van der Waals surface area contributed by atoms with E-state index in [-0.39, 0.29) is 17.7 Å². The molecule has 0 bridgehead atoms. The minimum Gasteiger partial charge on any atom is -0.469 e. The minimum absolute atomic E-state index is 0.0609. The minimum atomic E-state index is -0.0922. The number of amides is 1. The maximum atomic E-state index is 12.2. The molecule has 0 spiro atoms. The number of rotatable bonds is 6. The van der Waals surface area contributed by atoms with Crippen molar-refractivity contribution in [2.45, 2.75) is 25.0 Å². The Morgan fingerprint density at radius 3 is 2.76 bits per heavy atom. The molecule has 0 radical (unpaired) electrons. The number of carbonyl (C=O) groups is 1. The average molecular weight is 357 g/mol. The number of aryl methyl sites for hydroxylation is 1. The van der Waals surface area contributed by atoms with Crippen LogP contribution in [0.1, 0.15) is 24.3 Å². The molecule has 3 aromatic rings. The summed E-state index contributed by atoms with van der Waals surface area (Å²) in [5.41, 5.74) is 1.84. The van der Waals surface area contributed by atoms with Gasteiger partial charge in [-0.15, -0.1) is 10.2 Å². The van der Waals surface area contributed by atoms with Gasteiger partial charge in [0, 0.05) is 0 Å². The molecule has 2 aromatic heterocycles. The fourth-order valence-electron chi connectivity index (χ4n) is 2.41. The lowest BCUT2D eigenvalue weighted by molar-refractivity contribution is -0.119. The summed E-state index contributed by atoms with van der Waals surface area (Å²) < 4.78 is 6.63. The van der Waals surface area contributed by atoms with E-state index < -0.39 is 0 Å². The van der Waals surface area contributed by atoms with Crippen LogP contribution in [0.15, 0.2) is 52.2 Å². The number of hydrogen-bond acceptors (Lipinski definition) is 6. The summed E-state index contributed by atoms with van der Waals surface area (Å²) in [7, 11) is 0. The summed E-state index contributed by atoms with van der Waals surface area (Å²) in [6.45, 7) is 3.78. The van der Waals surface area contributed by atoms with Crippen molar-refractivity contribution in [2.24, 2.45) is 0 Å². The Morgan fingerprint density at radius 1 is 1.32 bits per heavy atom. The van der Waals surface area contributed by atoms with E-state index in [9.17, 15) is 4.79 Å². The lowest BCUT2D eigenvalue weighted by Crippen LogP contribution is -2.28. The number of nitrogens with one attached hydrogen (secondary N) is 1. The molecule has 0 saturated heterocycles. The first-order chi connectivity index (χ1) is 12.1. The van der Waals surface area contributed by atoms with Gasteiger partial charge in [0.15, 0.2) is 5.82 Å². The van der Waals surface area contributed by atoms with Crippen molar-refractivity contribution in [3.05, 3.63) is 54.0 Å². The molecule has 3 N–H and O–H groups in total. The Morgan fingerprint density at radius 2 is 2.08 bits per heavy atom. The predicted molar refractivity (Wildman–Crippen MR) is 96.3 cm³/mol. The average Bonchev–Trinajstić information content (AvgIpc) is 3.19. The first-order valence-corrected chi connectivity index (χ1v) is 8.77. The molecule has 130 valence electrons. The van der Waals surface area contributed by atoms with Crippen LogP contribution in [0.25, 0.3) is 11.4 Å². The molecular weight excluding hydrogens is 338 g/mol. The molecule has 25 heavy (non-hydrogen) atoms. The normalized spacial score (nSPS) is 12.1. The smallest absolute Gasteiger partial charge is 0.230 e. The molecule has 2 heterocycles. The third kappa shape index (κ3) is 3.85. The highest BCUT2D eigenvalue weighted by Crippen LogP contribution is 2.25. The van der Waals surface area contributed by atoms with Gasteiger partial charge >= 0.3 is 0 Å². The fourth-order valence-corrected chi connectivity index (χ4v) is 3.08. The molecule has 1 atom stereocenters. The van der Waals surface area contributed by atoms with Gasteiger partial charge < -0.3 is 15.6 Å². The van der Waals surface area contributed by atoms with E-state index in [1.807, 2.05) is 44.2 Å². The van der Waals surface area contributed by atoms with E-state index in [4.69, 9.17) is 10.3 Å². The van der Waals surface area contributed by atoms with Gasteiger partial charge in [0.1, 0.15) is 5.76 Å². The van der Waals surface area contributed by atoms with Crippen molar-refractivity contribution in [3.8, 4) is 11.4 Å². The van der Waals surface area contributed by atoms with Gasteiger partial charge in [0.2, 0.25) is 11.1 Å². The summed E-state index contributed by atoms with van der Waals surface area (Å²) >= 11 is 1.24. The van der Waals surface area contributed by atoms with Crippen LogP contribution >= 0.6 is 11.8 Å². The number of nitrogens with two attached hydrogens (primary N) is 1. The third-order valence-electron chi connectivity index (χ3n) is 3.77. The van der Waals surface area contributed by atoms with E-state index in [2.05, 4.69) is 15.5 Å². The van der Waals surface area contributed by atoms with Crippen LogP contribution in [-0.2, 0) is 4.79 Å². The zero-order valence-electron chi connectivity index (χ0n) is 14.0. The van der Waals surface area contributed by atoms with Crippen molar-refractivity contribution in [3.63, 3.8) is 0 Å². The van der Waals surface area contributed by atoms with Gasteiger partial charge in [-0.05, 0) is 25.5 Å². The molecule has 1 unspecified atom stereocenters. The van der Waals surface area contributed by atoms with Crippen LogP contribution in [0.4, 0.5) is 0 Å².